The van der Waals surface area contributed by atoms with E-state index in [-0.39, 0.29) is 0 Å². The highest BCUT2D eigenvalue weighted by atomic mass is 15.1. The Morgan fingerprint density at radius 1 is 0.208 bits per heavy atom. The normalized spacial score (nSPS) is 13.1. The van der Waals surface area contributed by atoms with Crippen LogP contribution in [0.15, 0.2) is 261 Å². The maximum absolute atomic E-state index is 2.63. The minimum Gasteiger partial charge on any atom is -0.309 e. The predicted molar refractivity (Wildman–Crippen MR) is 305 cm³/mol. The maximum atomic E-state index is 2.63. The molecule has 0 aliphatic heterocycles. The molecule has 72 heavy (non-hydrogen) atoms. The number of nitrogens with zero attached hydrogens (tertiary/aromatic N) is 1. The molecule has 0 aromatic heterocycles. The molecule has 2 aliphatic rings. The van der Waals surface area contributed by atoms with Crippen molar-refractivity contribution in [3.63, 3.8) is 0 Å². The van der Waals surface area contributed by atoms with Crippen molar-refractivity contribution in [3.8, 4) is 33.4 Å². The molecule has 0 heterocycles. The van der Waals surface area contributed by atoms with Gasteiger partial charge in [0, 0.05) is 16.6 Å². The number of anilines is 3. The van der Waals surface area contributed by atoms with E-state index in [1.807, 2.05) is 0 Å². The Morgan fingerprint density at radius 2 is 0.611 bits per heavy atom. The second-order valence-corrected chi connectivity index (χ2v) is 19.8. The fourth-order valence-corrected chi connectivity index (χ4v) is 13.5. The van der Waals surface area contributed by atoms with Crippen molar-refractivity contribution in [1.82, 2.24) is 0 Å². The molecule has 0 saturated heterocycles. The molecule has 1 nitrogen and oxygen atoms in total. The van der Waals surface area contributed by atoms with Gasteiger partial charge in [0.25, 0.3) is 0 Å². The Balaban J connectivity index is 1.11. The highest BCUT2D eigenvalue weighted by Crippen LogP contribution is 2.64. The van der Waals surface area contributed by atoms with Gasteiger partial charge in [-0.1, -0.05) is 224 Å². The van der Waals surface area contributed by atoms with Gasteiger partial charge in [0.05, 0.1) is 16.8 Å². The SMILES string of the molecule is c1ccc2c(c1)-c1ccccc1C21c2ccccc2-c2cc(-c3cc4ccccc4c4ccccc34)c(N(c3ccc4c5ccccc5c5ccccc5c4c3)c3cc4ccccc4c4ccccc34)cc21. The van der Waals surface area contributed by atoms with Crippen LogP contribution in [0, 0.1) is 0 Å². The van der Waals surface area contributed by atoms with Gasteiger partial charge in [0.2, 0.25) is 0 Å². The van der Waals surface area contributed by atoms with Crippen LogP contribution < -0.4 is 4.90 Å². The molecular weight excluding hydrogens is 867 g/mol. The first kappa shape index (κ1) is 39.5. The maximum Gasteiger partial charge on any atom is 0.0726 e. The fraction of sp³-hybridized carbons (Fsp3) is 0.0141. The van der Waals surface area contributed by atoms with Crippen LogP contribution in [0.5, 0.6) is 0 Å². The first-order valence-electron chi connectivity index (χ1n) is 25.2. The molecule has 16 rings (SSSR count). The third-order valence-corrected chi connectivity index (χ3v) is 16.4. The van der Waals surface area contributed by atoms with Gasteiger partial charge in [0.1, 0.15) is 0 Å². The summed E-state index contributed by atoms with van der Waals surface area (Å²) < 4.78 is 0. The fourth-order valence-electron chi connectivity index (χ4n) is 13.5. The largest absolute Gasteiger partial charge is 0.309 e. The van der Waals surface area contributed by atoms with E-state index in [0.29, 0.717) is 0 Å². The lowest BCUT2D eigenvalue weighted by Gasteiger charge is -2.34. The Labute approximate surface area is 417 Å². The smallest absolute Gasteiger partial charge is 0.0726 e. The first-order chi connectivity index (χ1) is 35.7. The summed E-state index contributed by atoms with van der Waals surface area (Å²) in [6, 6.07) is 98.6. The van der Waals surface area contributed by atoms with Crippen molar-refractivity contribution in [1.29, 1.82) is 0 Å². The van der Waals surface area contributed by atoms with Gasteiger partial charge in [-0.3, -0.25) is 0 Å². The molecule has 1 heteroatoms. The van der Waals surface area contributed by atoms with Gasteiger partial charge in [-0.25, -0.2) is 0 Å². The van der Waals surface area contributed by atoms with Crippen LogP contribution in [0.4, 0.5) is 17.1 Å². The molecule has 0 N–H and O–H groups in total. The first-order valence-corrected chi connectivity index (χ1v) is 25.2. The van der Waals surface area contributed by atoms with Crippen molar-refractivity contribution in [2.45, 2.75) is 5.41 Å². The zero-order chi connectivity index (χ0) is 47.1. The molecule has 2 aliphatic carbocycles. The van der Waals surface area contributed by atoms with Gasteiger partial charge in [-0.2, -0.15) is 0 Å². The molecule has 332 valence electrons. The summed E-state index contributed by atoms with van der Waals surface area (Å²) in [6.07, 6.45) is 0. The topological polar surface area (TPSA) is 3.24 Å². The Kier molecular flexibility index (Phi) is 8.16. The van der Waals surface area contributed by atoms with Crippen LogP contribution >= 0.6 is 0 Å². The van der Waals surface area contributed by atoms with E-state index >= 15 is 0 Å². The molecule has 0 fully saturated rings. The molecule has 0 unspecified atom stereocenters. The number of hydrogen-bond acceptors (Lipinski definition) is 1. The lowest BCUT2D eigenvalue weighted by molar-refractivity contribution is 0.794. The zero-order valence-corrected chi connectivity index (χ0v) is 39.3. The van der Waals surface area contributed by atoms with Crippen LogP contribution in [0.25, 0.3) is 109 Å². The van der Waals surface area contributed by atoms with E-state index < -0.39 is 5.41 Å². The molecule has 0 radical (unpaired) electrons. The summed E-state index contributed by atoms with van der Waals surface area (Å²) in [6.45, 7) is 0. The van der Waals surface area contributed by atoms with Crippen molar-refractivity contribution in [2.24, 2.45) is 0 Å². The Bertz CT molecular complexity index is 4570. The van der Waals surface area contributed by atoms with E-state index in [9.17, 15) is 0 Å². The van der Waals surface area contributed by atoms with E-state index in [1.54, 1.807) is 0 Å². The Hall–Kier alpha value is -9.30. The van der Waals surface area contributed by atoms with Gasteiger partial charge in [0.15, 0.2) is 0 Å². The molecule has 0 amide bonds. The van der Waals surface area contributed by atoms with E-state index in [1.165, 1.54) is 131 Å². The molecule has 1 spiro atoms. The number of hydrogen-bond donors (Lipinski definition) is 0. The van der Waals surface area contributed by atoms with Gasteiger partial charge in [-0.05, 0) is 156 Å². The lowest BCUT2D eigenvalue weighted by Crippen LogP contribution is -2.26. The molecule has 0 saturated carbocycles. The average Bonchev–Trinajstić information content (AvgIpc) is 3.92. The van der Waals surface area contributed by atoms with E-state index in [0.717, 1.165) is 17.1 Å². The number of benzene rings is 14. The third-order valence-electron chi connectivity index (χ3n) is 16.4. The van der Waals surface area contributed by atoms with Gasteiger partial charge < -0.3 is 4.90 Å². The average molecular weight is 910 g/mol. The summed E-state index contributed by atoms with van der Waals surface area (Å²) in [4.78, 5) is 2.63. The van der Waals surface area contributed by atoms with Crippen LogP contribution in [0.3, 0.4) is 0 Å². The number of fused-ring (bicyclic) bond motifs is 22. The summed E-state index contributed by atoms with van der Waals surface area (Å²) >= 11 is 0. The summed E-state index contributed by atoms with van der Waals surface area (Å²) in [5.41, 5.74) is 15.7. The third kappa shape index (κ3) is 5.27. The van der Waals surface area contributed by atoms with Crippen molar-refractivity contribution < 1.29 is 0 Å². The van der Waals surface area contributed by atoms with Gasteiger partial charge >= 0.3 is 0 Å². The van der Waals surface area contributed by atoms with Crippen molar-refractivity contribution in [2.75, 3.05) is 4.90 Å². The summed E-state index contributed by atoms with van der Waals surface area (Å²) in [7, 11) is 0. The molecular formula is C71H43N. The van der Waals surface area contributed by atoms with E-state index in [2.05, 4.69) is 266 Å². The quantitative estimate of drug-likeness (QED) is 0.159. The van der Waals surface area contributed by atoms with Crippen molar-refractivity contribution in [3.05, 3.63) is 283 Å². The van der Waals surface area contributed by atoms with Crippen LogP contribution in [0.2, 0.25) is 0 Å². The van der Waals surface area contributed by atoms with Crippen molar-refractivity contribution >= 4 is 92.5 Å². The predicted octanol–water partition coefficient (Wildman–Crippen LogP) is 19.2. The van der Waals surface area contributed by atoms with E-state index in [4.69, 9.17) is 0 Å². The molecule has 0 atom stereocenters. The standard InChI is InChI=1S/C71H43N/c1-3-21-47-44(19-1)39-61(54-28-9-5-23-49(47)54)64-42-63-59-32-15-18-36-67(59)71(65-34-16-13-30-57(65)58-31-14-17-35-66(58)71)68(63)43-70(64)72(69-40-45-20-2-4-22-48(45)50-24-11-12-33-60(50)69)46-37-38-56-53-27-7-6-25-51(53)52-26-8-10-29-55(52)62(56)41-46/h1-43H. The highest BCUT2D eigenvalue weighted by Gasteiger charge is 2.52. The minimum atomic E-state index is -0.548. The minimum absolute atomic E-state index is 0.548. The second kappa shape index (κ2) is 14.9. The molecule has 14 aromatic rings. The summed E-state index contributed by atoms with van der Waals surface area (Å²) in [5.74, 6) is 0. The zero-order valence-electron chi connectivity index (χ0n) is 39.3. The van der Waals surface area contributed by atoms with Crippen LogP contribution in [0.1, 0.15) is 22.3 Å². The molecule has 0 bridgehead atoms. The highest BCUT2D eigenvalue weighted by molar-refractivity contribution is 6.26. The number of rotatable bonds is 4. The summed E-state index contributed by atoms with van der Waals surface area (Å²) in [5, 5.41) is 17.4. The lowest BCUT2D eigenvalue weighted by atomic mass is 9.70. The monoisotopic (exact) mass is 909 g/mol. The molecule has 14 aromatic carbocycles. The van der Waals surface area contributed by atoms with Crippen LogP contribution in [-0.4, -0.2) is 0 Å². The Morgan fingerprint density at radius 3 is 1.18 bits per heavy atom. The van der Waals surface area contributed by atoms with Gasteiger partial charge in [-0.15, -0.1) is 0 Å². The second-order valence-electron chi connectivity index (χ2n) is 19.8. The van der Waals surface area contributed by atoms with Crippen LogP contribution in [-0.2, 0) is 5.41 Å².